The van der Waals surface area contributed by atoms with Crippen molar-refractivity contribution in [3.05, 3.63) is 0 Å². The first kappa shape index (κ1) is 9.20. The topological polar surface area (TPSA) is 20.3 Å². The third-order valence-electron chi connectivity index (χ3n) is 3.44. The maximum absolute atomic E-state index is 11.5. The molecular weight excluding hydrogens is 162 g/mol. The van der Waals surface area contributed by atoms with Crippen molar-refractivity contribution >= 4 is 5.78 Å². The quantitative estimate of drug-likeness (QED) is 0.649. The molecule has 2 atom stereocenters. The average molecular weight is 181 g/mol. The highest BCUT2D eigenvalue weighted by Crippen LogP contribution is 2.30. The van der Waals surface area contributed by atoms with Crippen molar-refractivity contribution in [2.75, 3.05) is 6.54 Å². The number of hydrogen-bond donors (Lipinski definition) is 0. The maximum Gasteiger partial charge on any atom is 0.136 e. The van der Waals surface area contributed by atoms with E-state index in [9.17, 15) is 4.79 Å². The van der Waals surface area contributed by atoms with Gasteiger partial charge in [0.15, 0.2) is 0 Å². The van der Waals surface area contributed by atoms with Gasteiger partial charge in [-0.25, -0.2) is 0 Å². The smallest absolute Gasteiger partial charge is 0.136 e. The summed E-state index contributed by atoms with van der Waals surface area (Å²) in [5.41, 5.74) is 0. The first-order valence-electron chi connectivity index (χ1n) is 5.58. The first-order valence-corrected chi connectivity index (χ1v) is 5.58. The van der Waals surface area contributed by atoms with Gasteiger partial charge in [-0.2, -0.15) is 0 Å². The lowest BCUT2D eigenvalue weighted by atomic mass is 9.93. The van der Waals surface area contributed by atoms with E-state index in [4.69, 9.17) is 0 Å². The van der Waals surface area contributed by atoms with Crippen LogP contribution in [0.5, 0.6) is 0 Å². The molecule has 0 amide bonds. The Labute approximate surface area is 80.3 Å². The van der Waals surface area contributed by atoms with Gasteiger partial charge in [0.05, 0.1) is 0 Å². The van der Waals surface area contributed by atoms with Gasteiger partial charge in [0, 0.05) is 24.9 Å². The standard InChI is InChI=1S/C11H19NO/c1-2-4-9-7-11(13)8-10-5-3-6-12(9)10/h9-10H,2-8H2,1H3/t9-,10+/m1/s1. The molecule has 0 radical (unpaired) electrons. The number of rotatable bonds is 2. The average Bonchev–Trinajstić information content (AvgIpc) is 2.52. The van der Waals surface area contributed by atoms with E-state index in [1.807, 2.05) is 0 Å². The molecule has 0 aromatic carbocycles. The summed E-state index contributed by atoms with van der Waals surface area (Å²) in [6, 6.07) is 1.19. The lowest BCUT2D eigenvalue weighted by molar-refractivity contribution is -0.124. The monoisotopic (exact) mass is 181 g/mol. The van der Waals surface area contributed by atoms with Gasteiger partial charge in [-0.15, -0.1) is 0 Å². The van der Waals surface area contributed by atoms with Gasteiger partial charge in [-0.05, 0) is 25.8 Å². The van der Waals surface area contributed by atoms with Crippen molar-refractivity contribution in [1.29, 1.82) is 0 Å². The van der Waals surface area contributed by atoms with Crippen molar-refractivity contribution in [1.82, 2.24) is 4.90 Å². The van der Waals surface area contributed by atoms with Crippen LogP contribution < -0.4 is 0 Å². The van der Waals surface area contributed by atoms with Crippen LogP contribution in [0.2, 0.25) is 0 Å². The van der Waals surface area contributed by atoms with Crippen molar-refractivity contribution in [2.24, 2.45) is 0 Å². The highest BCUT2D eigenvalue weighted by atomic mass is 16.1. The van der Waals surface area contributed by atoms with E-state index in [0.717, 1.165) is 12.8 Å². The Morgan fingerprint density at radius 1 is 1.46 bits per heavy atom. The molecule has 2 aliphatic heterocycles. The lowest BCUT2D eigenvalue weighted by Crippen LogP contribution is -2.45. The molecule has 0 N–H and O–H groups in total. The van der Waals surface area contributed by atoms with Crippen molar-refractivity contribution in [3.8, 4) is 0 Å². The van der Waals surface area contributed by atoms with Crippen molar-refractivity contribution in [3.63, 3.8) is 0 Å². The van der Waals surface area contributed by atoms with Crippen LogP contribution in [-0.2, 0) is 4.79 Å². The predicted octanol–water partition coefficient (Wildman–Crippen LogP) is 1.98. The largest absolute Gasteiger partial charge is 0.300 e. The van der Waals surface area contributed by atoms with Gasteiger partial charge in [0.2, 0.25) is 0 Å². The van der Waals surface area contributed by atoms with Crippen LogP contribution in [0.4, 0.5) is 0 Å². The molecule has 0 unspecified atom stereocenters. The van der Waals surface area contributed by atoms with E-state index in [0.29, 0.717) is 17.9 Å². The van der Waals surface area contributed by atoms with Crippen molar-refractivity contribution in [2.45, 2.75) is 57.5 Å². The molecule has 0 aliphatic carbocycles. The molecule has 2 nitrogen and oxygen atoms in total. The van der Waals surface area contributed by atoms with Gasteiger partial charge in [-0.3, -0.25) is 9.69 Å². The Hall–Kier alpha value is -0.370. The fourth-order valence-corrected chi connectivity index (χ4v) is 2.89. The molecule has 2 saturated heterocycles. The minimum absolute atomic E-state index is 0.501. The molecule has 2 heterocycles. The Bertz CT molecular complexity index is 202. The summed E-state index contributed by atoms with van der Waals surface area (Å²) in [6.07, 6.45) is 6.64. The van der Waals surface area contributed by atoms with Crippen LogP contribution in [-0.4, -0.2) is 29.3 Å². The molecule has 0 saturated carbocycles. The second kappa shape index (κ2) is 3.79. The van der Waals surface area contributed by atoms with Crippen LogP contribution in [0.15, 0.2) is 0 Å². The second-order valence-electron chi connectivity index (χ2n) is 4.42. The van der Waals surface area contributed by atoms with E-state index in [-0.39, 0.29) is 0 Å². The lowest BCUT2D eigenvalue weighted by Gasteiger charge is -2.36. The number of ketones is 1. The number of carbonyl (C=O) groups excluding carboxylic acids is 1. The summed E-state index contributed by atoms with van der Waals surface area (Å²) in [6.45, 7) is 3.45. The number of hydrogen-bond acceptors (Lipinski definition) is 2. The Kier molecular flexibility index (Phi) is 2.68. The zero-order chi connectivity index (χ0) is 9.26. The van der Waals surface area contributed by atoms with E-state index >= 15 is 0 Å². The minimum atomic E-state index is 0.501. The molecule has 0 aromatic heterocycles. The second-order valence-corrected chi connectivity index (χ2v) is 4.42. The fourth-order valence-electron chi connectivity index (χ4n) is 2.89. The van der Waals surface area contributed by atoms with Gasteiger partial charge in [-0.1, -0.05) is 13.3 Å². The molecule has 0 aromatic rings. The summed E-state index contributed by atoms with van der Waals surface area (Å²) >= 11 is 0. The number of carbonyl (C=O) groups is 1. The zero-order valence-electron chi connectivity index (χ0n) is 8.46. The van der Waals surface area contributed by atoms with E-state index < -0.39 is 0 Å². The predicted molar refractivity (Wildman–Crippen MR) is 52.7 cm³/mol. The third-order valence-corrected chi connectivity index (χ3v) is 3.44. The summed E-state index contributed by atoms with van der Waals surface area (Å²) < 4.78 is 0. The molecule has 0 spiro atoms. The Morgan fingerprint density at radius 2 is 2.31 bits per heavy atom. The number of piperidine rings is 1. The molecule has 0 bridgehead atoms. The molecule has 13 heavy (non-hydrogen) atoms. The molecule has 74 valence electrons. The van der Waals surface area contributed by atoms with Gasteiger partial charge < -0.3 is 0 Å². The fraction of sp³-hybridized carbons (Fsp3) is 0.909. The normalized spacial score (nSPS) is 35.0. The number of fused-ring (bicyclic) bond motifs is 1. The van der Waals surface area contributed by atoms with Crippen LogP contribution >= 0.6 is 0 Å². The zero-order valence-corrected chi connectivity index (χ0v) is 8.46. The molecule has 2 heteroatoms. The third kappa shape index (κ3) is 1.78. The highest BCUT2D eigenvalue weighted by Gasteiger charge is 2.36. The SMILES string of the molecule is CCC[C@@H]1CC(=O)C[C@@H]2CCCN12. The van der Waals surface area contributed by atoms with E-state index in [1.54, 1.807) is 0 Å². The highest BCUT2D eigenvalue weighted by molar-refractivity contribution is 5.80. The Morgan fingerprint density at radius 3 is 3.08 bits per heavy atom. The van der Waals surface area contributed by atoms with Gasteiger partial charge in [0.1, 0.15) is 5.78 Å². The van der Waals surface area contributed by atoms with Gasteiger partial charge >= 0.3 is 0 Å². The molecule has 2 fully saturated rings. The first-order chi connectivity index (χ1) is 6.31. The number of Topliss-reactive ketones (excluding diaryl/α,β-unsaturated/α-hetero) is 1. The summed E-state index contributed by atoms with van der Waals surface area (Å²) in [4.78, 5) is 14.1. The van der Waals surface area contributed by atoms with E-state index in [2.05, 4.69) is 11.8 Å². The van der Waals surface area contributed by atoms with Gasteiger partial charge in [0.25, 0.3) is 0 Å². The molecule has 2 aliphatic rings. The summed E-state index contributed by atoms with van der Waals surface area (Å²) in [7, 11) is 0. The maximum atomic E-state index is 11.5. The van der Waals surface area contributed by atoms with Crippen molar-refractivity contribution < 1.29 is 4.79 Å². The molecule has 2 rings (SSSR count). The van der Waals surface area contributed by atoms with E-state index in [1.165, 1.54) is 32.2 Å². The summed E-state index contributed by atoms with van der Waals surface area (Å²) in [5, 5.41) is 0. The van der Waals surface area contributed by atoms with Crippen LogP contribution in [0.25, 0.3) is 0 Å². The van der Waals surface area contributed by atoms with Crippen LogP contribution in [0.3, 0.4) is 0 Å². The van der Waals surface area contributed by atoms with Crippen LogP contribution in [0, 0.1) is 0 Å². The minimum Gasteiger partial charge on any atom is -0.300 e. The number of nitrogens with zero attached hydrogens (tertiary/aromatic N) is 1. The summed E-state index contributed by atoms with van der Waals surface area (Å²) in [5.74, 6) is 0.501. The Balaban J connectivity index is 2.03. The van der Waals surface area contributed by atoms with Crippen LogP contribution in [0.1, 0.15) is 45.4 Å². The molecular formula is C11H19NO.